The lowest BCUT2D eigenvalue weighted by molar-refractivity contribution is 0.167. The maximum absolute atomic E-state index is 5.84. The minimum absolute atomic E-state index is 0.569. The van der Waals surface area contributed by atoms with Gasteiger partial charge in [0.1, 0.15) is 13.2 Å². The summed E-state index contributed by atoms with van der Waals surface area (Å²) in [5.74, 6) is 2.52. The smallest absolute Gasteiger partial charge is 0.165 e. The van der Waals surface area contributed by atoms with Crippen molar-refractivity contribution in [3.63, 3.8) is 0 Å². The van der Waals surface area contributed by atoms with Crippen molar-refractivity contribution in [3.05, 3.63) is 23.3 Å². The minimum Gasteiger partial charge on any atom is -0.486 e. The molecular formula is C14H19NO2. The van der Waals surface area contributed by atoms with Gasteiger partial charge in [0.05, 0.1) is 0 Å². The van der Waals surface area contributed by atoms with Crippen molar-refractivity contribution < 1.29 is 9.47 Å². The number of ether oxygens (including phenoxy) is 2. The van der Waals surface area contributed by atoms with Gasteiger partial charge in [-0.3, -0.25) is 0 Å². The zero-order valence-corrected chi connectivity index (χ0v) is 10.3. The van der Waals surface area contributed by atoms with Gasteiger partial charge in [0, 0.05) is 18.0 Å². The van der Waals surface area contributed by atoms with Crippen LogP contribution in [0.15, 0.2) is 12.1 Å². The van der Waals surface area contributed by atoms with Crippen molar-refractivity contribution in [3.8, 4) is 11.5 Å². The summed E-state index contributed by atoms with van der Waals surface area (Å²) >= 11 is 0. The molecule has 1 aromatic rings. The van der Waals surface area contributed by atoms with Crippen molar-refractivity contribution in [2.45, 2.75) is 25.7 Å². The minimum atomic E-state index is 0.569. The van der Waals surface area contributed by atoms with Crippen LogP contribution in [-0.2, 0) is 0 Å². The highest BCUT2D eigenvalue weighted by atomic mass is 16.6. The normalized spacial score (nSPS) is 23.5. The molecule has 0 bridgehead atoms. The maximum atomic E-state index is 5.84. The first-order valence-corrected chi connectivity index (χ1v) is 6.46. The molecule has 2 aliphatic heterocycles. The average molecular weight is 233 g/mol. The molecule has 17 heavy (non-hydrogen) atoms. The molecule has 0 saturated carbocycles. The van der Waals surface area contributed by atoms with Crippen LogP contribution in [-0.4, -0.2) is 26.3 Å². The molecule has 2 aliphatic rings. The fourth-order valence-corrected chi connectivity index (χ4v) is 2.73. The van der Waals surface area contributed by atoms with Crippen LogP contribution in [0.25, 0.3) is 0 Å². The molecule has 0 radical (unpaired) electrons. The first kappa shape index (κ1) is 10.9. The van der Waals surface area contributed by atoms with E-state index in [-0.39, 0.29) is 0 Å². The van der Waals surface area contributed by atoms with E-state index >= 15 is 0 Å². The molecule has 0 aromatic heterocycles. The van der Waals surface area contributed by atoms with Crippen molar-refractivity contribution >= 4 is 0 Å². The van der Waals surface area contributed by atoms with Crippen LogP contribution in [0.1, 0.15) is 29.9 Å². The molecule has 1 unspecified atom stereocenters. The second-order valence-corrected chi connectivity index (χ2v) is 4.87. The van der Waals surface area contributed by atoms with Crippen LogP contribution in [0.5, 0.6) is 11.5 Å². The van der Waals surface area contributed by atoms with Gasteiger partial charge in [-0.1, -0.05) is 12.1 Å². The van der Waals surface area contributed by atoms with Crippen LogP contribution in [0.2, 0.25) is 0 Å². The number of fused-ring (bicyclic) bond motifs is 1. The summed E-state index contributed by atoms with van der Waals surface area (Å²) in [7, 11) is 0. The summed E-state index contributed by atoms with van der Waals surface area (Å²) < 4.78 is 11.6. The third-order valence-corrected chi connectivity index (χ3v) is 3.65. The Bertz CT molecular complexity index is 411. The van der Waals surface area contributed by atoms with E-state index in [2.05, 4.69) is 24.4 Å². The van der Waals surface area contributed by atoms with Crippen molar-refractivity contribution in [2.75, 3.05) is 26.3 Å². The second-order valence-electron chi connectivity index (χ2n) is 4.87. The van der Waals surface area contributed by atoms with Gasteiger partial charge < -0.3 is 14.8 Å². The number of piperidine rings is 1. The highest BCUT2D eigenvalue weighted by Gasteiger charge is 2.24. The van der Waals surface area contributed by atoms with Crippen LogP contribution >= 0.6 is 0 Å². The predicted molar refractivity (Wildman–Crippen MR) is 67.0 cm³/mol. The molecule has 1 fully saturated rings. The van der Waals surface area contributed by atoms with E-state index < -0.39 is 0 Å². The van der Waals surface area contributed by atoms with Crippen LogP contribution in [0.4, 0.5) is 0 Å². The van der Waals surface area contributed by atoms with Gasteiger partial charge >= 0.3 is 0 Å². The molecule has 1 N–H and O–H groups in total. The number of benzene rings is 1. The lowest BCUT2D eigenvalue weighted by atomic mass is 9.90. The van der Waals surface area contributed by atoms with Gasteiger partial charge in [-0.25, -0.2) is 0 Å². The van der Waals surface area contributed by atoms with E-state index in [1.807, 2.05) is 0 Å². The summed E-state index contributed by atoms with van der Waals surface area (Å²) in [4.78, 5) is 0. The maximum Gasteiger partial charge on any atom is 0.165 e. The fourth-order valence-electron chi connectivity index (χ4n) is 2.73. The van der Waals surface area contributed by atoms with Crippen LogP contribution < -0.4 is 14.8 Å². The van der Waals surface area contributed by atoms with E-state index in [1.165, 1.54) is 24.0 Å². The second kappa shape index (κ2) is 4.57. The zero-order chi connectivity index (χ0) is 11.7. The van der Waals surface area contributed by atoms with E-state index in [9.17, 15) is 0 Å². The number of hydrogen-bond donors (Lipinski definition) is 1. The number of rotatable bonds is 1. The first-order valence-electron chi connectivity index (χ1n) is 6.46. The Balaban J connectivity index is 1.98. The molecule has 1 saturated heterocycles. The highest BCUT2D eigenvalue weighted by molar-refractivity contribution is 5.53. The molecule has 1 atom stereocenters. The summed E-state index contributed by atoms with van der Waals surface area (Å²) in [6.45, 7) is 5.61. The van der Waals surface area contributed by atoms with E-state index in [0.29, 0.717) is 19.1 Å². The third kappa shape index (κ3) is 2.00. The number of hydrogen-bond acceptors (Lipinski definition) is 3. The monoisotopic (exact) mass is 233 g/mol. The van der Waals surface area contributed by atoms with E-state index in [1.54, 1.807) is 0 Å². The van der Waals surface area contributed by atoms with Crippen LogP contribution in [0.3, 0.4) is 0 Å². The third-order valence-electron chi connectivity index (χ3n) is 3.65. The fraction of sp³-hybridized carbons (Fsp3) is 0.571. The van der Waals surface area contributed by atoms with Crippen molar-refractivity contribution in [1.29, 1.82) is 0 Å². The highest BCUT2D eigenvalue weighted by Crippen LogP contribution is 2.41. The lowest BCUT2D eigenvalue weighted by Crippen LogP contribution is -2.29. The van der Waals surface area contributed by atoms with Gasteiger partial charge in [0.25, 0.3) is 0 Å². The SMILES string of the molecule is Cc1ccc(C2CCCNC2)c2c1OCCO2. The molecule has 3 nitrogen and oxygen atoms in total. The topological polar surface area (TPSA) is 30.5 Å². The standard InChI is InChI=1S/C14H19NO2/c1-10-4-5-12(11-3-2-6-15-9-11)14-13(10)16-7-8-17-14/h4-5,11,15H,2-3,6-9H2,1H3. The van der Waals surface area contributed by atoms with Gasteiger partial charge in [-0.15, -0.1) is 0 Å². The Morgan fingerprint density at radius 1 is 1.18 bits per heavy atom. The summed E-state index contributed by atoms with van der Waals surface area (Å²) in [6, 6.07) is 4.36. The Labute approximate surface area is 102 Å². The quantitative estimate of drug-likeness (QED) is 0.807. The van der Waals surface area contributed by atoms with E-state index in [4.69, 9.17) is 9.47 Å². The molecule has 92 valence electrons. The van der Waals surface area contributed by atoms with E-state index in [0.717, 1.165) is 24.6 Å². The van der Waals surface area contributed by atoms with Gasteiger partial charge in [0.2, 0.25) is 0 Å². The Hall–Kier alpha value is -1.22. The average Bonchev–Trinajstić information content (AvgIpc) is 2.41. The first-order chi connectivity index (χ1) is 8.36. The molecule has 2 heterocycles. The zero-order valence-electron chi connectivity index (χ0n) is 10.3. The van der Waals surface area contributed by atoms with Gasteiger partial charge in [-0.2, -0.15) is 0 Å². The summed E-state index contributed by atoms with van der Waals surface area (Å²) in [5.41, 5.74) is 2.49. The molecule has 0 amide bonds. The Morgan fingerprint density at radius 3 is 2.76 bits per heavy atom. The molecule has 1 aromatic carbocycles. The molecular weight excluding hydrogens is 214 g/mol. The molecule has 3 heteroatoms. The van der Waals surface area contributed by atoms with Crippen LogP contribution in [0, 0.1) is 6.92 Å². The largest absolute Gasteiger partial charge is 0.486 e. The summed E-state index contributed by atoms with van der Waals surface area (Å²) in [6.07, 6.45) is 2.49. The predicted octanol–water partition coefficient (Wildman–Crippen LogP) is 2.23. The Kier molecular flexibility index (Phi) is 2.93. The molecule has 0 aliphatic carbocycles. The van der Waals surface area contributed by atoms with Gasteiger partial charge in [0.15, 0.2) is 11.5 Å². The Morgan fingerprint density at radius 2 is 2.00 bits per heavy atom. The number of nitrogens with one attached hydrogen (secondary N) is 1. The number of aryl methyl sites for hydroxylation is 1. The molecule has 3 rings (SSSR count). The lowest BCUT2D eigenvalue weighted by Gasteiger charge is -2.28. The van der Waals surface area contributed by atoms with Gasteiger partial charge in [-0.05, 0) is 31.9 Å². The van der Waals surface area contributed by atoms with Crippen molar-refractivity contribution in [1.82, 2.24) is 5.32 Å². The molecule has 0 spiro atoms. The summed E-state index contributed by atoms with van der Waals surface area (Å²) in [5, 5.41) is 3.46. The van der Waals surface area contributed by atoms with Crippen molar-refractivity contribution in [2.24, 2.45) is 0 Å².